The second kappa shape index (κ2) is 9.13. The average Bonchev–Trinajstić information content (AvgIpc) is 2.47. The van der Waals surface area contributed by atoms with Crippen LogP contribution in [0.4, 0.5) is 10.5 Å². The van der Waals surface area contributed by atoms with Crippen molar-refractivity contribution >= 4 is 28.7 Å². The van der Waals surface area contributed by atoms with E-state index >= 15 is 0 Å². The van der Waals surface area contributed by atoms with Gasteiger partial charge in [-0.3, -0.25) is 0 Å². The van der Waals surface area contributed by atoms with Crippen LogP contribution in [0.2, 0.25) is 0 Å². The van der Waals surface area contributed by atoms with E-state index in [9.17, 15) is 9.90 Å². The number of urea groups is 1. The van der Waals surface area contributed by atoms with Crippen molar-refractivity contribution in [3.8, 4) is 5.75 Å². The summed E-state index contributed by atoms with van der Waals surface area (Å²) >= 11 is 0. The van der Waals surface area contributed by atoms with Crippen LogP contribution < -0.4 is 10.6 Å². The normalized spacial score (nSPS) is 21.3. The van der Waals surface area contributed by atoms with Crippen molar-refractivity contribution < 1.29 is 9.90 Å². The summed E-state index contributed by atoms with van der Waals surface area (Å²) in [5.41, 5.74) is 1.58. The molecule has 6 heteroatoms. The summed E-state index contributed by atoms with van der Waals surface area (Å²) in [6, 6.07) is 5.08. The van der Waals surface area contributed by atoms with Crippen LogP contribution in [0.25, 0.3) is 0 Å². The van der Waals surface area contributed by atoms with E-state index in [2.05, 4.69) is 29.4 Å². The van der Waals surface area contributed by atoms with Crippen LogP contribution in [-0.2, 0) is 6.42 Å². The SMILES string of the molecule is Br.CNC(=O)Nc1cc(CCN2CC(C)CC(C)C2)ccc1O. The Hall–Kier alpha value is -1.27. The number of carbonyl (C=O) groups is 1. The maximum atomic E-state index is 11.4. The first-order valence-corrected chi connectivity index (χ1v) is 8.01. The Morgan fingerprint density at radius 2 is 1.96 bits per heavy atom. The predicted octanol–water partition coefficient (Wildman–Crippen LogP) is 3.24. The Balaban J connectivity index is 0.00000264. The van der Waals surface area contributed by atoms with Crippen LogP contribution in [0, 0.1) is 11.8 Å². The number of benzene rings is 1. The van der Waals surface area contributed by atoms with Crippen LogP contribution in [0.3, 0.4) is 0 Å². The quantitative estimate of drug-likeness (QED) is 0.697. The van der Waals surface area contributed by atoms with Gasteiger partial charge in [-0.25, -0.2) is 4.79 Å². The topological polar surface area (TPSA) is 64.6 Å². The zero-order valence-electron chi connectivity index (χ0n) is 14.1. The molecule has 1 aromatic rings. The van der Waals surface area contributed by atoms with E-state index in [0.29, 0.717) is 5.69 Å². The molecular weight excluding hydrogens is 358 g/mol. The highest BCUT2D eigenvalue weighted by Gasteiger charge is 2.21. The highest BCUT2D eigenvalue weighted by molar-refractivity contribution is 8.93. The van der Waals surface area contributed by atoms with Crippen molar-refractivity contribution in [1.82, 2.24) is 10.2 Å². The number of piperidine rings is 1. The highest BCUT2D eigenvalue weighted by Crippen LogP contribution is 2.25. The number of halogens is 1. The van der Waals surface area contributed by atoms with E-state index in [1.807, 2.05) is 12.1 Å². The van der Waals surface area contributed by atoms with Gasteiger partial charge >= 0.3 is 6.03 Å². The third kappa shape index (κ3) is 6.03. The predicted molar refractivity (Wildman–Crippen MR) is 99.6 cm³/mol. The van der Waals surface area contributed by atoms with E-state index in [4.69, 9.17) is 0 Å². The monoisotopic (exact) mass is 385 g/mol. The number of nitrogens with one attached hydrogen (secondary N) is 2. The molecule has 2 amide bonds. The van der Waals surface area contributed by atoms with E-state index in [0.717, 1.165) is 43.5 Å². The maximum Gasteiger partial charge on any atom is 0.319 e. The van der Waals surface area contributed by atoms with Gasteiger partial charge in [-0.15, -0.1) is 17.0 Å². The molecule has 0 saturated carbocycles. The Labute approximate surface area is 149 Å². The number of hydrogen-bond donors (Lipinski definition) is 3. The lowest BCUT2D eigenvalue weighted by molar-refractivity contribution is 0.142. The zero-order chi connectivity index (χ0) is 16.1. The summed E-state index contributed by atoms with van der Waals surface area (Å²) in [7, 11) is 1.55. The number of nitrogens with zero attached hydrogens (tertiary/aromatic N) is 1. The van der Waals surface area contributed by atoms with Gasteiger partial charge in [0.2, 0.25) is 0 Å². The molecule has 2 rings (SSSR count). The average molecular weight is 386 g/mol. The summed E-state index contributed by atoms with van der Waals surface area (Å²) in [5.74, 6) is 1.61. The van der Waals surface area contributed by atoms with E-state index in [-0.39, 0.29) is 28.8 Å². The lowest BCUT2D eigenvalue weighted by Gasteiger charge is -2.35. The number of likely N-dealkylation sites (tertiary alicyclic amines) is 1. The molecule has 1 heterocycles. The van der Waals surface area contributed by atoms with Crippen molar-refractivity contribution in [2.24, 2.45) is 11.8 Å². The molecule has 2 atom stereocenters. The number of aromatic hydroxyl groups is 1. The van der Waals surface area contributed by atoms with Crippen molar-refractivity contribution in [3.63, 3.8) is 0 Å². The third-order valence-corrected chi connectivity index (χ3v) is 4.20. The van der Waals surface area contributed by atoms with Crippen molar-refractivity contribution in [3.05, 3.63) is 23.8 Å². The molecule has 2 unspecified atom stereocenters. The Bertz CT molecular complexity index is 515. The summed E-state index contributed by atoms with van der Waals surface area (Å²) in [5, 5.41) is 14.9. The van der Waals surface area contributed by atoms with Crippen LogP contribution >= 0.6 is 17.0 Å². The first-order valence-electron chi connectivity index (χ1n) is 8.01. The zero-order valence-corrected chi connectivity index (χ0v) is 15.8. The van der Waals surface area contributed by atoms with E-state index < -0.39 is 0 Å². The molecule has 0 radical (unpaired) electrons. The second-order valence-electron chi connectivity index (χ2n) is 6.51. The standard InChI is InChI=1S/C17H27N3O2.BrH/c1-12-8-13(2)11-20(10-12)7-6-14-4-5-16(21)15(9-14)19-17(22)18-3;/h4-5,9,12-13,21H,6-8,10-11H2,1-3H3,(H2,18,19,22);1H. The Kier molecular flexibility index (Phi) is 7.85. The fourth-order valence-electron chi connectivity index (χ4n) is 3.29. The fraction of sp³-hybridized carbons (Fsp3) is 0.588. The van der Waals surface area contributed by atoms with Crippen molar-refractivity contribution in [1.29, 1.82) is 0 Å². The van der Waals surface area contributed by atoms with Crippen molar-refractivity contribution in [2.45, 2.75) is 26.7 Å². The number of amides is 2. The molecule has 0 aromatic heterocycles. The minimum atomic E-state index is -0.328. The molecule has 1 aromatic carbocycles. The van der Waals surface area contributed by atoms with Crippen LogP contribution in [0.1, 0.15) is 25.8 Å². The minimum Gasteiger partial charge on any atom is -0.506 e. The van der Waals surface area contributed by atoms with Gasteiger partial charge in [-0.05, 0) is 42.4 Å². The molecule has 3 N–H and O–H groups in total. The van der Waals surface area contributed by atoms with Crippen molar-refractivity contribution in [2.75, 3.05) is 32.0 Å². The largest absolute Gasteiger partial charge is 0.506 e. The molecule has 1 aliphatic heterocycles. The summed E-state index contributed by atoms with van der Waals surface area (Å²) in [6.07, 6.45) is 2.23. The van der Waals surface area contributed by atoms with Gasteiger partial charge in [0.25, 0.3) is 0 Å². The number of phenolic OH excluding ortho intramolecular Hbond substituents is 1. The number of phenols is 1. The van der Waals surface area contributed by atoms with Gasteiger partial charge in [0.05, 0.1) is 5.69 Å². The number of hydrogen-bond acceptors (Lipinski definition) is 3. The molecule has 0 spiro atoms. The highest BCUT2D eigenvalue weighted by atomic mass is 79.9. The van der Waals surface area contributed by atoms with Gasteiger partial charge in [-0.1, -0.05) is 19.9 Å². The molecule has 0 aliphatic carbocycles. The minimum absolute atomic E-state index is 0. The Morgan fingerprint density at radius 3 is 2.57 bits per heavy atom. The number of rotatable bonds is 4. The lowest BCUT2D eigenvalue weighted by atomic mass is 9.91. The lowest BCUT2D eigenvalue weighted by Crippen LogP contribution is -2.39. The van der Waals surface area contributed by atoms with Gasteiger partial charge in [0.1, 0.15) is 5.75 Å². The summed E-state index contributed by atoms with van der Waals surface area (Å²) in [6.45, 7) is 7.96. The molecule has 1 fully saturated rings. The van der Waals surface area contributed by atoms with Gasteiger partial charge < -0.3 is 20.6 Å². The fourth-order valence-corrected chi connectivity index (χ4v) is 3.29. The van der Waals surface area contributed by atoms with E-state index in [1.165, 1.54) is 6.42 Å². The van der Waals surface area contributed by atoms with Gasteiger partial charge in [-0.2, -0.15) is 0 Å². The van der Waals surface area contributed by atoms with Crippen LogP contribution in [0.15, 0.2) is 18.2 Å². The molecule has 23 heavy (non-hydrogen) atoms. The van der Waals surface area contributed by atoms with Gasteiger partial charge in [0, 0.05) is 26.7 Å². The maximum absolute atomic E-state index is 11.4. The van der Waals surface area contributed by atoms with E-state index in [1.54, 1.807) is 13.1 Å². The van der Waals surface area contributed by atoms with Crippen LogP contribution in [-0.4, -0.2) is 42.7 Å². The molecule has 130 valence electrons. The smallest absolute Gasteiger partial charge is 0.319 e. The summed E-state index contributed by atoms with van der Waals surface area (Å²) in [4.78, 5) is 13.9. The molecule has 1 aliphatic rings. The number of anilines is 1. The van der Waals surface area contributed by atoms with Crippen LogP contribution in [0.5, 0.6) is 5.75 Å². The molecular formula is C17H28BrN3O2. The molecule has 5 nitrogen and oxygen atoms in total. The summed E-state index contributed by atoms with van der Waals surface area (Å²) < 4.78 is 0. The Morgan fingerprint density at radius 1 is 1.30 bits per heavy atom. The van der Waals surface area contributed by atoms with Gasteiger partial charge in [0.15, 0.2) is 0 Å². The molecule has 0 bridgehead atoms. The second-order valence-corrected chi connectivity index (χ2v) is 6.51. The first kappa shape index (κ1) is 19.8. The number of carbonyl (C=O) groups excluding carboxylic acids is 1. The molecule has 1 saturated heterocycles. The third-order valence-electron chi connectivity index (χ3n) is 4.20. The first-order chi connectivity index (χ1) is 10.5.